The maximum Gasteiger partial charge on any atom is 0.268 e. The van der Waals surface area contributed by atoms with Crippen molar-refractivity contribution in [2.45, 2.75) is 63.1 Å². The van der Waals surface area contributed by atoms with Crippen LogP contribution in [-0.2, 0) is 21.3 Å². The number of benzene rings is 3. The van der Waals surface area contributed by atoms with Crippen molar-refractivity contribution in [1.29, 1.82) is 5.26 Å². The Kier molecular flexibility index (Phi) is 12.2. The summed E-state index contributed by atoms with van der Waals surface area (Å²) in [6, 6.07) is 21.8. The number of carbonyl (C=O) groups excluding carboxylic acids is 1. The summed E-state index contributed by atoms with van der Waals surface area (Å²) in [7, 11) is -4.54. The maximum absolute atomic E-state index is 15.1. The number of halogens is 2. The number of nitrogens with zero attached hydrogens (tertiary/aromatic N) is 5. The Labute approximate surface area is 361 Å². The average molecular weight is 867 g/mol. The first-order valence-electron chi connectivity index (χ1n) is 20.5. The summed E-state index contributed by atoms with van der Waals surface area (Å²) < 4.78 is 61.7. The van der Waals surface area contributed by atoms with Gasteiger partial charge in [0.25, 0.3) is 15.9 Å². The van der Waals surface area contributed by atoms with Gasteiger partial charge in [0.15, 0.2) is 0 Å². The van der Waals surface area contributed by atoms with Crippen molar-refractivity contribution in [3.63, 3.8) is 0 Å². The molecule has 1 N–H and O–H groups in total. The second-order valence-corrected chi connectivity index (χ2v) is 19.0. The lowest BCUT2D eigenvalue weighted by molar-refractivity contribution is -0.0331. The van der Waals surface area contributed by atoms with E-state index in [0.29, 0.717) is 12.3 Å². The minimum Gasteiger partial charge on any atom is -0.473 e. The molecule has 2 saturated heterocycles. The van der Waals surface area contributed by atoms with Crippen molar-refractivity contribution < 1.29 is 31.8 Å². The number of alkyl halides is 1. The summed E-state index contributed by atoms with van der Waals surface area (Å²) >= 11 is 6.24. The van der Waals surface area contributed by atoms with E-state index in [0.717, 1.165) is 86.1 Å². The van der Waals surface area contributed by atoms with Crippen LogP contribution in [0.1, 0.15) is 78.6 Å². The molecule has 1 aliphatic carbocycles. The van der Waals surface area contributed by atoms with E-state index >= 15 is 4.39 Å². The molecule has 3 aromatic carbocycles. The number of carbonyl (C=O) groups is 1. The summed E-state index contributed by atoms with van der Waals surface area (Å²) in [5.74, 6) is -0.505. The van der Waals surface area contributed by atoms with E-state index in [9.17, 15) is 18.5 Å². The first-order chi connectivity index (χ1) is 29.3. The molecule has 4 heterocycles. The van der Waals surface area contributed by atoms with Crippen LogP contribution in [0.25, 0.3) is 5.57 Å². The highest BCUT2D eigenvalue weighted by molar-refractivity contribution is 7.90. The lowest BCUT2D eigenvalue weighted by Crippen LogP contribution is -2.47. The zero-order valence-electron chi connectivity index (χ0n) is 34.3. The van der Waals surface area contributed by atoms with Crippen LogP contribution in [0, 0.1) is 16.7 Å². The molecule has 1 amide bonds. The van der Waals surface area contributed by atoms with Gasteiger partial charge < -0.3 is 19.1 Å². The Morgan fingerprint density at radius 2 is 1.79 bits per heavy atom. The number of ether oxygens (including phenoxy) is 3. The second-order valence-electron chi connectivity index (χ2n) is 16.9. The molecule has 0 saturated carbocycles. The topological polar surface area (TPSA) is 146 Å². The molecule has 61 heavy (non-hydrogen) atoms. The Balaban J connectivity index is 1.00. The number of amides is 1. The normalized spacial score (nSPS) is 18.6. The number of hydrogen-bond acceptors (Lipinski definition) is 11. The van der Waals surface area contributed by atoms with Crippen LogP contribution in [0.3, 0.4) is 0 Å². The number of nitriles is 1. The van der Waals surface area contributed by atoms with Gasteiger partial charge in [0.2, 0.25) is 5.88 Å². The van der Waals surface area contributed by atoms with Crippen LogP contribution in [0.2, 0.25) is 5.02 Å². The third-order valence-electron chi connectivity index (χ3n) is 11.9. The number of aliphatic imine (C=N–C) groups is 1. The van der Waals surface area contributed by atoms with E-state index in [-0.39, 0.29) is 60.8 Å². The highest BCUT2D eigenvalue weighted by Crippen LogP contribution is 2.43. The second kappa shape index (κ2) is 17.6. The van der Waals surface area contributed by atoms with Crippen molar-refractivity contribution in [3.05, 3.63) is 111 Å². The third kappa shape index (κ3) is 9.76. The van der Waals surface area contributed by atoms with Crippen molar-refractivity contribution in [2.75, 3.05) is 57.4 Å². The number of allylic oxidation sites excluding steroid dienone is 1. The summed E-state index contributed by atoms with van der Waals surface area (Å²) in [4.78, 5) is 26.6. The van der Waals surface area contributed by atoms with E-state index < -0.39 is 26.5 Å². The zero-order valence-corrected chi connectivity index (χ0v) is 35.8. The Bertz CT molecular complexity index is 2530. The number of hydrogen-bond donors (Lipinski definition) is 1. The highest BCUT2D eigenvalue weighted by Gasteiger charge is 2.34. The Morgan fingerprint density at radius 3 is 2.54 bits per heavy atom. The summed E-state index contributed by atoms with van der Waals surface area (Å²) in [5.41, 5.74) is 5.02. The first kappa shape index (κ1) is 42.4. The van der Waals surface area contributed by atoms with Gasteiger partial charge in [-0.3, -0.25) is 14.7 Å². The van der Waals surface area contributed by atoms with Crippen LogP contribution in [0.15, 0.2) is 88.4 Å². The molecule has 2 fully saturated rings. The molecule has 318 valence electrons. The summed E-state index contributed by atoms with van der Waals surface area (Å²) in [5, 5.41) is 10.5. The van der Waals surface area contributed by atoms with Gasteiger partial charge in [-0.05, 0) is 77.8 Å². The molecule has 0 unspecified atom stereocenters. The lowest BCUT2D eigenvalue weighted by atomic mass is 9.72. The molecule has 4 aliphatic rings. The van der Waals surface area contributed by atoms with Gasteiger partial charge in [0.1, 0.15) is 40.3 Å². The fourth-order valence-electron chi connectivity index (χ4n) is 8.28. The van der Waals surface area contributed by atoms with Gasteiger partial charge >= 0.3 is 0 Å². The monoisotopic (exact) mass is 866 g/mol. The summed E-state index contributed by atoms with van der Waals surface area (Å²) in [6.45, 7) is 9.30. The molecular weight excluding hydrogens is 819 g/mol. The van der Waals surface area contributed by atoms with Gasteiger partial charge in [-0.25, -0.2) is 22.5 Å². The molecule has 4 aromatic rings. The fraction of sp³-hybridized carbons (Fsp3) is 0.391. The predicted molar refractivity (Wildman–Crippen MR) is 232 cm³/mol. The maximum atomic E-state index is 15.1. The third-order valence-corrected chi connectivity index (χ3v) is 13.5. The van der Waals surface area contributed by atoms with Crippen LogP contribution in [0.4, 0.5) is 10.1 Å². The van der Waals surface area contributed by atoms with Crippen LogP contribution in [-0.4, -0.2) is 88.6 Å². The van der Waals surface area contributed by atoms with E-state index in [2.05, 4.69) is 50.5 Å². The van der Waals surface area contributed by atoms with Crippen molar-refractivity contribution in [3.8, 4) is 23.4 Å². The molecule has 0 radical (unpaired) electrons. The van der Waals surface area contributed by atoms with Crippen molar-refractivity contribution in [1.82, 2.24) is 14.6 Å². The molecular formula is C46H48ClFN6O6S. The molecule has 1 aromatic heterocycles. The van der Waals surface area contributed by atoms with Gasteiger partial charge in [-0.1, -0.05) is 55.3 Å². The van der Waals surface area contributed by atoms with Crippen molar-refractivity contribution >= 4 is 45.0 Å². The largest absolute Gasteiger partial charge is 0.473 e. The lowest BCUT2D eigenvalue weighted by Gasteiger charge is -2.39. The molecule has 8 rings (SSSR count). The molecule has 12 nitrogen and oxygen atoms in total. The zero-order chi connectivity index (χ0) is 42.8. The van der Waals surface area contributed by atoms with E-state index in [1.165, 1.54) is 16.7 Å². The number of nitrogens with one attached hydrogen (secondary N) is 1. The van der Waals surface area contributed by atoms with Crippen LogP contribution in [0.5, 0.6) is 17.4 Å². The summed E-state index contributed by atoms with van der Waals surface area (Å²) in [6.07, 6.45) is 6.15. The molecule has 15 heteroatoms. The fourth-order valence-corrected chi connectivity index (χ4v) is 9.35. The van der Waals surface area contributed by atoms with Crippen LogP contribution < -0.4 is 19.1 Å². The number of fused-ring (bicyclic) bond motifs is 1. The number of pyridine rings is 1. The van der Waals surface area contributed by atoms with Gasteiger partial charge in [0.05, 0.1) is 18.3 Å². The SMILES string of the molecule is CC1(C)CCC(CN2CCN(c3ccc(C(=O)NS(=O)(=O)c4cnc(OCC5(F)CCOCC5)c(C#N)c4)c(Oc4cccc5c4C=NC5)c3)CC2)=C(c2ccc(Cl)cc2)C1. The Morgan fingerprint density at radius 1 is 1.02 bits per heavy atom. The van der Waals surface area contributed by atoms with E-state index in [1.807, 2.05) is 30.3 Å². The van der Waals surface area contributed by atoms with Gasteiger partial charge in [-0.2, -0.15) is 5.26 Å². The van der Waals surface area contributed by atoms with Crippen LogP contribution >= 0.6 is 11.6 Å². The minimum absolute atomic E-state index is 0.0153. The highest BCUT2D eigenvalue weighted by atomic mass is 35.5. The van der Waals surface area contributed by atoms with Gasteiger partial charge in [-0.15, -0.1) is 0 Å². The quantitative estimate of drug-likeness (QED) is 0.148. The number of aromatic nitrogens is 1. The molecule has 0 spiro atoms. The number of piperazine rings is 1. The van der Waals surface area contributed by atoms with Crippen molar-refractivity contribution in [2.24, 2.45) is 10.4 Å². The van der Waals surface area contributed by atoms with Gasteiger partial charge in [0, 0.05) is 87.3 Å². The smallest absolute Gasteiger partial charge is 0.268 e. The predicted octanol–water partition coefficient (Wildman–Crippen LogP) is 8.13. The number of anilines is 1. The molecule has 0 atom stereocenters. The van der Waals surface area contributed by atoms with E-state index in [1.54, 1.807) is 30.5 Å². The Hall–Kier alpha value is -5.33. The molecule has 3 aliphatic heterocycles. The average Bonchev–Trinajstić information content (AvgIpc) is 3.74. The number of rotatable bonds is 12. The molecule has 0 bridgehead atoms. The first-order valence-corrected chi connectivity index (χ1v) is 22.4. The number of sulfonamides is 1. The minimum atomic E-state index is -4.54. The van der Waals surface area contributed by atoms with E-state index in [4.69, 9.17) is 25.8 Å². The standard InChI is InChI=1S/C46H48ClFN6O6S/c1-45(2)13-12-33(39(24-45)31-6-8-35(47)9-7-31)29-53-16-18-54(19-17-53)36-10-11-38(42(23-36)60-41-5-3-4-32-26-50-28-40(32)41)43(55)52-61(56,57)37-22-34(25-49)44(51-27-37)59-30-46(48)14-20-58-21-15-46/h3-11,22-23,27-28H,12-21,24,26,29-30H2,1-2H3,(H,52,55).